The van der Waals surface area contributed by atoms with E-state index in [0.717, 1.165) is 27.2 Å². The molecule has 0 fully saturated rings. The van der Waals surface area contributed by atoms with E-state index < -0.39 is 10.1 Å². The van der Waals surface area contributed by atoms with Crippen LogP contribution in [0.1, 0.15) is 11.3 Å². The van der Waals surface area contributed by atoms with E-state index in [1.807, 2.05) is 31.4 Å². The van der Waals surface area contributed by atoms with Crippen LogP contribution in [0.5, 0.6) is 5.75 Å². The fourth-order valence-corrected chi connectivity index (χ4v) is 4.67. The summed E-state index contributed by atoms with van der Waals surface area (Å²) in [5, 5.41) is 3.61. The standard InChI is InChI=1S/C20H16N2O3S2/c1-13-10-16-4-3-5-18(19(16)21-11-13)27(23,24)25-17-8-6-15(7-9-17)20-22-14(2)12-26-20/h3-12H,1-2H3. The summed E-state index contributed by atoms with van der Waals surface area (Å²) in [6.07, 6.45) is 1.65. The zero-order valence-electron chi connectivity index (χ0n) is 14.7. The van der Waals surface area contributed by atoms with Gasteiger partial charge in [0.25, 0.3) is 0 Å². The Bertz CT molecular complexity index is 1230. The van der Waals surface area contributed by atoms with E-state index in [4.69, 9.17) is 4.18 Å². The number of thiazole rings is 1. The second-order valence-corrected chi connectivity index (χ2v) is 8.57. The fourth-order valence-electron chi connectivity index (χ4n) is 2.76. The van der Waals surface area contributed by atoms with E-state index in [1.165, 1.54) is 6.07 Å². The molecule has 5 nitrogen and oxygen atoms in total. The number of nitrogens with zero attached hydrogens (tertiary/aromatic N) is 2. The number of pyridine rings is 1. The number of hydrogen-bond acceptors (Lipinski definition) is 6. The van der Waals surface area contributed by atoms with Crippen molar-refractivity contribution in [3.8, 4) is 16.3 Å². The summed E-state index contributed by atoms with van der Waals surface area (Å²) in [7, 11) is -4.00. The summed E-state index contributed by atoms with van der Waals surface area (Å²) >= 11 is 1.54. The molecular weight excluding hydrogens is 380 g/mol. The molecule has 2 aromatic carbocycles. The highest BCUT2D eigenvalue weighted by atomic mass is 32.2. The third-order valence-electron chi connectivity index (χ3n) is 4.01. The van der Waals surface area contributed by atoms with Crippen molar-refractivity contribution in [3.05, 3.63) is 71.4 Å². The van der Waals surface area contributed by atoms with E-state index in [-0.39, 0.29) is 10.6 Å². The molecule has 0 aliphatic carbocycles. The molecule has 0 radical (unpaired) electrons. The lowest BCUT2D eigenvalue weighted by molar-refractivity contribution is 0.487. The lowest BCUT2D eigenvalue weighted by Gasteiger charge is -2.09. The number of aromatic nitrogens is 2. The van der Waals surface area contributed by atoms with Gasteiger partial charge in [0.1, 0.15) is 15.7 Å². The largest absolute Gasteiger partial charge is 0.379 e. The number of benzene rings is 2. The molecular formula is C20H16N2O3S2. The van der Waals surface area contributed by atoms with E-state index >= 15 is 0 Å². The third kappa shape index (κ3) is 3.56. The van der Waals surface area contributed by atoms with Gasteiger partial charge < -0.3 is 4.18 Å². The van der Waals surface area contributed by atoms with Gasteiger partial charge in [-0.25, -0.2) is 4.98 Å². The van der Waals surface area contributed by atoms with Crippen molar-refractivity contribution in [2.24, 2.45) is 0 Å². The summed E-state index contributed by atoms with van der Waals surface area (Å²) in [5.74, 6) is 0.246. The van der Waals surface area contributed by atoms with Crippen LogP contribution in [0.2, 0.25) is 0 Å². The van der Waals surface area contributed by atoms with E-state index in [1.54, 1.807) is 47.9 Å². The van der Waals surface area contributed by atoms with Crippen LogP contribution in [0.4, 0.5) is 0 Å². The summed E-state index contributed by atoms with van der Waals surface area (Å²) < 4.78 is 30.9. The molecule has 0 N–H and O–H groups in total. The zero-order valence-corrected chi connectivity index (χ0v) is 16.3. The molecule has 0 bridgehead atoms. The van der Waals surface area contributed by atoms with Crippen molar-refractivity contribution in [2.75, 3.05) is 0 Å². The molecule has 27 heavy (non-hydrogen) atoms. The van der Waals surface area contributed by atoms with Crippen molar-refractivity contribution in [3.63, 3.8) is 0 Å². The van der Waals surface area contributed by atoms with Crippen LogP contribution in [0.15, 0.2) is 65.0 Å². The Hall–Kier alpha value is -2.77. The van der Waals surface area contributed by atoms with Gasteiger partial charge in [-0.05, 0) is 55.8 Å². The first kappa shape index (κ1) is 17.6. The maximum Gasteiger partial charge on any atom is 0.341 e. The van der Waals surface area contributed by atoms with Crippen LogP contribution in [-0.4, -0.2) is 18.4 Å². The molecule has 0 atom stereocenters. The smallest absolute Gasteiger partial charge is 0.341 e. The maximum absolute atomic E-state index is 12.8. The van der Waals surface area contributed by atoms with E-state index in [2.05, 4.69) is 9.97 Å². The first-order valence-corrected chi connectivity index (χ1v) is 10.5. The molecule has 136 valence electrons. The predicted molar refractivity (Wildman–Crippen MR) is 107 cm³/mol. The molecule has 4 rings (SSSR count). The summed E-state index contributed by atoms with van der Waals surface area (Å²) in [6.45, 7) is 3.85. The summed E-state index contributed by atoms with van der Waals surface area (Å²) in [5.41, 5.74) is 3.24. The second-order valence-electron chi connectivity index (χ2n) is 6.20. The second kappa shape index (κ2) is 6.75. The van der Waals surface area contributed by atoms with Crippen molar-refractivity contribution < 1.29 is 12.6 Å². The highest BCUT2D eigenvalue weighted by Crippen LogP contribution is 2.28. The van der Waals surface area contributed by atoms with Crippen molar-refractivity contribution in [1.29, 1.82) is 0 Å². The van der Waals surface area contributed by atoms with Crippen LogP contribution in [0.3, 0.4) is 0 Å². The number of fused-ring (bicyclic) bond motifs is 1. The van der Waals surface area contributed by atoms with Gasteiger partial charge in [0.05, 0.1) is 5.52 Å². The Morgan fingerprint density at radius 1 is 1.04 bits per heavy atom. The summed E-state index contributed by atoms with van der Waals surface area (Å²) in [6, 6.07) is 13.8. The Morgan fingerprint density at radius 3 is 2.52 bits per heavy atom. The molecule has 2 aromatic heterocycles. The van der Waals surface area contributed by atoms with Gasteiger partial charge in [0.15, 0.2) is 0 Å². The quantitative estimate of drug-likeness (QED) is 0.466. The van der Waals surface area contributed by atoms with Crippen LogP contribution in [0, 0.1) is 13.8 Å². The van der Waals surface area contributed by atoms with Gasteiger partial charge in [0, 0.05) is 28.2 Å². The number of hydrogen-bond donors (Lipinski definition) is 0. The summed E-state index contributed by atoms with van der Waals surface area (Å²) in [4.78, 5) is 8.76. The molecule has 0 aliphatic rings. The van der Waals surface area contributed by atoms with Gasteiger partial charge in [-0.1, -0.05) is 12.1 Å². The van der Waals surface area contributed by atoms with Crippen LogP contribution >= 0.6 is 11.3 Å². The average molecular weight is 396 g/mol. The highest BCUT2D eigenvalue weighted by molar-refractivity contribution is 7.87. The maximum atomic E-state index is 12.8. The fraction of sp³-hybridized carbons (Fsp3) is 0.100. The van der Waals surface area contributed by atoms with Crippen molar-refractivity contribution >= 4 is 32.4 Å². The average Bonchev–Trinajstić information content (AvgIpc) is 3.07. The highest BCUT2D eigenvalue weighted by Gasteiger charge is 2.21. The molecule has 0 saturated carbocycles. The first-order valence-electron chi connectivity index (χ1n) is 8.25. The molecule has 2 heterocycles. The molecule has 4 aromatic rings. The SMILES string of the molecule is Cc1cnc2c(S(=O)(=O)Oc3ccc(-c4nc(C)cs4)cc3)cccc2c1. The third-order valence-corrected chi connectivity index (χ3v) is 6.30. The Morgan fingerprint density at radius 2 is 1.81 bits per heavy atom. The van der Waals surface area contributed by atoms with Crippen molar-refractivity contribution in [1.82, 2.24) is 9.97 Å². The molecule has 0 spiro atoms. The zero-order chi connectivity index (χ0) is 19.0. The molecule has 0 aliphatic heterocycles. The number of para-hydroxylation sites is 1. The topological polar surface area (TPSA) is 69.2 Å². The molecule has 0 unspecified atom stereocenters. The Kier molecular flexibility index (Phi) is 4.41. The Balaban J connectivity index is 1.66. The van der Waals surface area contributed by atoms with Gasteiger partial charge in [-0.3, -0.25) is 4.98 Å². The lowest BCUT2D eigenvalue weighted by Crippen LogP contribution is -2.10. The molecule has 7 heteroatoms. The first-order chi connectivity index (χ1) is 12.9. The number of aryl methyl sites for hydroxylation is 2. The van der Waals surface area contributed by atoms with Crippen molar-refractivity contribution in [2.45, 2.75) is 18.7 Å². The monoisotopic (exact) mass is 396 g/mol. The normalized spacial score (nSPS) is 11.6. The van der Waals surface area contributed by atoms with Gasteiger partial charge in [-0.2, -0.15) is 8.42 Å². The molecule has 0 saturated heterocycles. The van der Waals surface area contributed by atoms with Gasteiger partial charge in [-0.15, -0.1) is 11.3 Å². The van der Waals surface area contributed by atoms with Gasteiger partial charge in [0.2, 0.25) is 0 Å². The predicted octanol–water partition coefficient (Wildman–Crippen LogP) is 4.74. The Labute approximate surface area is 161 Å². The van der Waals surface area contributed by atoms with E-state index in [0.29, 0.717) is 5.52 Å². The lowest BCUT2D eigenvalue weighted by atomic mass is 10.2. The minimum atomic E-state index is -4.00. The minimum Gasteiger partial charge on any atom is -0.379 e. The number of rotatable bonds is 4. The minimum absolute atomic E-state index is 0.0552. The van der Waals surface area contributed by atoms with Crippen LogP contribution < -0.4 is 4.18 Å². The van der Waals surface area contributed by atoms with Crippen LogP contribution in [-0.2, 0) is 10.1 Å². The van der Waals surface area contributed by atoms with Gasteiger partial charge >= 0.3 is 10.1 Å². The van der Waals surface area contributed by atoms with Crippen LogP contribution in [0.25, 0.3) is 21.5 Å². The molecule has 0 amide bonds. The van der Waals surface area contributed by atoms with E-state index in [9.17, 15) is 8.42 Å².